The van der Waals surface area contributed by atoms with Gasteiger partial charge >= 0.3 is 0 Å². The van der Waals surface area contributed by atoms with Crippen LogP contribution in [0.1, 0.15) is 22.7 Å². The second kappa shape index (κ2) is 8.52. The molecule has 1 aliphatic rings. The minimum Gasteiger partial charge on any atom is -0.507 e. The lowest BCUT2D eigenvalue weighted by Gasteiger charge is -2.25. The van der Waals surface area contributed by atoms with Crippen molar-refractivity contribution in [1.29, 1.82) is 0 Å². The van der Waals surface area contributed by atoms with Gasteiger partial charge in [0.15, 0.2) is 0 Å². The van der Waals surface area contributed by atoms with Crippen LogP contribution in [0.5, 0.6) is 0 Å². The Kier molecular flexibility index (Phi) is 5.62. The highest BCUT2D eigenvalue weighted by molar-refractivity contribution is 6.46. The molecular formula is C25H19F2NO3. The summed E-state index contributed by atoms with van der Waals surface area (Å²) in [5, 5.41) is 10.9. The summed E-state index contributed by atoms with van der Waals surface area (Å²) in [6, 6.07) is 19.0. The minimum atomic E-state index is -1.09. The topological polar surface area (TPSA) is 57.6 Å². The Labute approximate surface area is 178 Å². The van der Waals surface area contributed by atoms with E-state index in [1.165, 1.54) is 35.2 Å². The van der Waals surface area contributed by atoms with Gasteiger partial charge in [0.25, 0.3) is 11.7 Å². The molecule has 3 aromatic rings. The number of aliphatic hydroxyl groups is 1. The smallest absolute Gasteiger partial charge is 0.295 e. The highest BCUT2D eigenvalue weighted by Gasteiger charge is 2.46. The molecule has 4 rings (SSSR count). The molecule has 1 heterocycles. The molecule has 1 fully saturated rings. The van der Waals surface area contributed by atoms with E-state index in [4.69, 9.17) is 0 Å². The summed E-state index contributed by atoms with van der Waals surface area (Å²) in [6.45, 7) is 0.161. The molecule has 1 aliphatic heterocycles. The number of amides is 1. The molecule has 156 valence electrons. The largest absolute Gasteiger partial charge is 0.507 e. The van der Waals surface area contributed by atoms with Crippen molar-refractivity contribution in [2.75, 3.05) is 6.54 Å². The van der Waals surface area contributed by atoms with E-state index in [1.54, 1.807) is 6.07 Å². The summed E-state index contributed by atoms with van der Waals surface area (Å²) in [6.07, 6.45) is 0.454. The van der Waals surface area contributed by atoms with Crippen LogP contribution in [-0.4, -0.2) is 28.2 Å². The average Bonchev–Trinajstić information content (AvgIpc) is 3.03. The van der Waals surface area contributed by atoms with Crippen LogP contribution in [0.2, 0.25) is 0 Å². The zero-order valence-electron chi connectivity index (χ0n) is 16.5. The molecule has 0 saturated carbocycles. The van der Waals surface area contributed by atoms with Crippen molar-refractivity contribution in [2.45, 2.75) is 12.5 Å². The molecule has 1 unspecified atom stereocenters. The zero-order valence-corrected chi connectivity index (χ0v) is 16.5. The number of halogens is 2. The Morgan fingerprint density at radius 3 is 2.19 bits per heavy atom. The van der Waals surface area contributed by atoms with Crippen molar-refractivity contribution >= 4 is 17.4 Å². The number of benzene rings is 3. The molecule has 0 bridgehead atoms. The summed E-state index contributed by atoms with van der Waals surface area (Å²) in [5.74, 6) is -3.28. The van der Waals surface area contributed by atoms with E-state index >= 15 is 0 Å². The molecule has 6 heteroatoms. The van der Waals surface area contributed by atoms with Crippen LogP contribution in [0.15, 0.2) is 84.4 Å². The fourth-order valence-corrected chi connectivity index (χ4v) is 3.79. The predicted octanol–water partition coefficient (Wildman–Crippen LogP) is 4.63. The number of hydrogen-bond donors (Lipinski definition) is 1. The third kappa shape index (κ3) is 3.97. The lowest BCUT2D eigenvalue weighted by molar-refractivity contribution is -0.139. The highest BCUT2D eigenvalue weighted by Crippen LogP contribution is 2.40. The van der Waals surface area contributed by atoms with Crippen LogP contribution in [0.25, 0.3) is 5.76 Å². The molecule has 31 heavy (non-hydrogen) atoms. The van der Waals surface area contributed by atoms with Crippen LogP contribution < -0.4 is 0 Å². The number of nitrogens with zero attached hydrogens (tertiary/aromatic N) is 1. The maximum atomic E-state index is 14.7. The monoisotopic (exact) mass is 419 g/mol. The lowest BCUT2D eigenvalue weighted by atomic mass is 9.95. The maximum Gasteiger partial charge on any atom is 0.295 e. The van der Waals surface area contributed by atoms with E-state index in [9.17, 15) is 23.5 Å². The van der Waals surface area contributed by atoms with Gasteiger partial charge in [0.2, 0.25) is 0 Å². The molecule has 0 spiro atoms. The van der Waals surface area contributed by atoms with Gasteiger partial charge in [-0.1, -0.05) is 48.5 Å². The molecule has 4 nitrogen and oxygen atoms in total. The molecule has 0 aromatic heterocycles. The number of hydrogen-bond acceptors (Lipinski definition) is 3. The summed E-state index contributed by atoms with van der Waals surface area (Å²) < 4.78 is 28.0. The summed E-state index contributed by atoms with van der Waals surface area (Å²) in [4.78, 5) is 27.0. The zero-order chi connectivity index (χ0) is 22.0. The van der Waals surface area contributed by atoms with Gasteiger partial charge in [0.1, 0.15) is 17.4 Å². The van der Waals surface area contributed by atoms with Gasteiger partial charge in [-0.2, -0.15) is 0 Å². The van der Waals surface area contributed by atoms with Crippen LogP contribution in [0.3, 0.4) is 0 Å². The quantitative estimate of drug-likeness (QED) is 0.373. The van der Waals surface area contributed by atoms with E-state index in [2.05, 4.69) is 0 Å². The van der Waals surface area contributed by atoms with E-state index in [0.29, 0.717) is 6.42 Å². The second-order valence-electron chi connectivity index (χ2n) is 7.26. The molecule has 0 radical (unpaired) electrons. The van der Waals surface area contributed by atoms with Gasteiger partial charge in [-0.3, -0.25) is 9.59 Å². The number of likely N-dealkylation sites (tertiary alicyclic amines) is 1. The Morgan fingerprint density at radius 1 is 0.871 bits per heavy atom. The van der Waals surface area contributed by atoms with E-state index in [0.717, 1.165) is 17.7 Å². The number of carbonyl (C=O) groups is 2. The van der Waals surface area contributed by atoms with Crippen LogP contribution >= 0.6 is 0 Å². The number of carbonyl (C=O) groups excluding carboxylic acids is 2. The molecule has 1 atom stereocenters. The highest BCUT2D eigenvalue weighted by atomic mass is 19.1. The first-order valence-corrected chi connectivity index (χ1v) is 9.80. The van der Waals surface area contributed by atoms with Gasteiger partial charge in [-0.25, -0.2) is 8.78 Å². The molecule has 3 aromatic carbocycles. The Bertz CT molecular complexity index is 1160. The normalized spacial score (nSPS) is 17.9. The first-order chi connectivity index (χ1) is 15.0. The Morgan fingerprint density at radius 2 is 1.52 bits per heavy atom. The lowest BCUT2D eigenvalue weighted by Crippen LogP contribution is -2.32. The average molecular weight is 419 g/mol. The van der Waals surface area contributed by atoms with Gasteiger partial charge in [0.05, 0.1) is 11.6 Å². The van der Waals surface area contributed by atoms with E-state index in [-0.39, 0.29) is 23.2 Å². The first kappa shape index (κ1) is 20.5. The van der Waals surface area contributed by atoms with Crippen molar-refractivity contribution in [1.82, 2.24) is 4.90 Å². The first-order valence-electron chi connectivity index (χ1n) is 9.80. The maximum absolute atomic E-state index is 14.7. The SMILES string of the molecule is O=C1C(=O)N(CCc2ccccc2)C(c2ccccc2F)C1=C(O)c1ccc(F)cc1. The summed E-state index contributed by atoms with van der Waals surface area (Å²) in [5.41, 5.74) is 1.02. The van der Waals surface area contributed by atoms with Crippen molar-refractivity contribution in [3.63, 3.8) is 0 Å². The standard InChI is InChI=1S/C25H19F2NO3/c26-18-12-10-17(11-13-18)23(29)21-22(19-8-4-5-9-20(19)27)28(25(31)24(21)30)15-14-16-6-2-1-3-7-16/h1-13,22,29H,14-15H2. The summed E-state index contributed by atoms with van der Waals surface area (Å²) >= 11 is 0. The van der Waals surface area contributed by atoms with Gasteiger partial charge in [0, 0.05) is 17.7 Å². The summed E-state index contributed by atoms with van der Waals surface area (Å²) in [7, 11) is 0. The number of aliphatic hydroxyl groups excluding tert-OH is 1. The molecule has 1 N–H and O–H groups in total. The van der Waals surface area contributed by atoms with Gasteiger partial charge in [-0.05, 0) is 42.3 Å². The second-order valence-corrected chi connectivity index (χ2v) is 7.26. The molecule has 1 saturated heterocycles. The van der Waals surface area contributed by atoms with E-state index in [1.807, 2.05) is 30.3 Å². The van der Waals surface area contributed by atoms with Crippen molar-refractivity contribution in [3.05, 3.63) is 113 Å². The fraction of sp³-hybridized carbons (Fsp3) is 0.120. The third-order valence-corrected chi connectivity index (χ3v) is 5.34. The van der Waals surface area contributed by atoms with Crippen LogP contribution in [-0.2, 0) is 16.0 Å². The predicted molar refractivity (Wildman–Crippen MR) is 112 cm³/mol. The fourth-order valence-electron chi connectivity index (χ4n) is 3.79. The molecule has 0 aliphatic carbocycles. The van der Waals surface area contributed by atoms with Crippen molar-refractivity contribution in [3.8, 4) is 0 Å². The van der Waals surface area contributed by atoms with E-state index < -0.39 is 35.1 Å². The van der Waals surface area contributed by atoms with Crippen molar-refractivity contribution < 1.29 is 23.5 Å². The molecular weight excluding hydrogens is 400 g/mol. The van der Waals surface area contributed by atoms with Gasteiger partial charge in [-0.15, -0.1) is 0 Å². The van der Waals surface area contributed by atoms with Gasteiger partial charge < -0.3 is 10.0 Å². The number of ketones is 1. The minimum absolute atomic E-state index is 0.110. The molecule has 1 amide bonds. The van der Waals surface area contributed by atoms with Crippen LogP contribution in [0.4, 0.5) is 8.78 Å². The Hall–Kier alpha value is -3.80. The van der Waals surface area contributed by atoms with Crippen LogP contribution in [0, 0.1) is 11.6 Å². The third-order valence-electron chi connectivity index (χ3n) is 5.34. The number of rotatable bonds is 5. The Balaban J connectivity index is 1.80. The number of Topliss-reactive ketones (excluding diaryl/α,β-unsaturated/α-hetero) is 1. The van der Waals surface area contributed by atoms with Crippen molar-refractivity contribution in [2.24, 2.45) is 0 Å².